The van der Waals surface area contributed by atoms with Crippen molar-refractivity contribution in [3.05, 3.63) is 48.2 Å². The van der Waals surface area contributed by atoms with Crippen molar-refractivity contribution in [2.45, 2.75) is 52.0 Å². The maximum absolute atomic E-state index is 11.4. The second-order valence-electron chi connectivity index (χ2n) is 8.98. The third-order valence-corrected chi connectivity index (χ3v) is 6.25. The Morgan fingerprint density at radius 3 is 2.54 bits per heavy atom. The SMILES string of the molecule is CNC(=O)CCCCCn1ccc2cc(-n3c(O)nnc3-c3cc(C(C)C)c(O)cc3O)ccc21. The molecule has 0 spiro atoms. The number of phenolic OH excluding ortho intramolecular Hbond substituents is 2. The van der Waals surface area contributed by atoms with E-state index in [4.69, 9.17) is 0 Å². The fraction of sp³-hybridized carbons (Fsp3) is 0.346. The number of nitrogens with zero attached hydrogens (tertiary/aromatic N) is 4. The Balaban J connectivity index is 1.61. The molecule has 2 heterocycles. The molecule has 2 aromatic heterocycles. The van der Waals surface area contributed by atoms with Gasteiger partial charge in [-0.15, -0.1) is 5.10 Å². The Kier molecular flexibility index (Phi) is 6.95. The highest BCUT2D eigenvalue weighted by molar-refractivity contribution is 5.83. The summed E-state index contributed by atoms with van der Waals surface area (Å²) in [5.74, 6) is 0.231. The molecule has 0 aliphatic carbocycles. The van der Waals surface area contributed by atoms with Crippen LogP contribution >= 0.6 is 0 Å². The van der Waals surface area contributed by atoms with Gasteiger partial charge in [0.15, 0.2) is 5.82 Å². The van der Waals surface area contributed by atoms with Crippen molar-refractivity contribution in [1.82, 2.24) is 24.6 Å². The van der Waals surface area contributed by atoms with Gasteiger partial charge in [0.2, 0.25) is 5.91 Å². The number of hydrogen-bond donors (Lipinski definition) is 4. The molecule has 184 valence electrons. The highest BCUT2D eigenvalue weighted by Crippen LogP contribution is 2.39. The largest absolute Gasteiger partial charge is 0.508 e. The van der Waals surface area contributed by atoms with Crippen LogP contribution in [0, 0.1) is 0 Å². The monoisotopic (exact) mass is 477 g/mol. The van der Waals surface area contributed by atoms with Gasteiger partial charge in [0.05, 0.1) is 11.3 Å². The smallest absolute Gasteiger partial charge is 0.319 e. The van der Waals surface area contributed by atoms with Crippen LogP contribution < -0.4 is 5.32 Å². The number of phenols is 2. The summed E-state index contributed by atoms with van der Waals surface area (Å²) in [5.41, 5.74) is 2.74. The maximum atomic E-state index is 11.4. The van der Waals surface area contributed by atoms with Gasteiger partial charge in [-0.1, -0.05) is 25.4 Å². The summed E-state index contributed by atoms with van der Waals surface area (Å²) in [6.07, 6.45) is 5.38. The minimum atomic E-state index is -0.298. The number of benzene rings is 2. The molecule has 4 aromatic rings. The number of hydrogen-bond acceptors (Lipinski definition) is 6. The first-order chi connectivity index (χ1) is 16.8. The molecule has 0 atom stereocenters. The van der Waals surface area contributed by atoms with Crippen molar-refractivity contribution in [2.24, 2.45) is 0 Å². The van der Waals surface area contributed by atoms with Crippen LogP contribution in [-0.4, -0.2) is 47.6 Å². The van der Waals surface area contributed by atoms with Crippen molar-refractivity contribution in [3.8, 4) is 34.6 Å². The van der Waals surface area contributed by atoms with Gasteiger partial charge in [-0.2, -0.15) is 0 Å². The second-order valence-corrected chi connectivity index (χ2v) is 8.98. The van der Waals surface area contributed by atoms with E-state index in [2.05, 4.69) is 20.1 Å². The number of fused-ring (bicyclic) bond motifs is 1. The summed E-state index contributed by atoms with van der Waals surface area (Å²) in [5, 5.41) is 42.8. The Labute approximate surface area is 203 Å². The van der Waals surface area contributed by atoms with Crippen molar-refractivity contribution < 1.29 is 20.1 Å². The van der Waals surface area contributed by atoms with E-state index in [1.165, 1.54) is 10.6 Å². The van der Waals surface area contributed by atoms with Crippen molar-refractivity contribution >= 4 is 16.8 Å². The number of unbranched alkanes of at least 4 members (excludes halogenated alkanes) is 2. The summed E-state index contributed by atoms with van der Waals surface area (Å²) < 4.78 is 3.65. The molecule has 9 nitrogen and oxygen atoms in total. The molecule has 0 saturated heterocycles. The Morgan fingerprint density at radius 2 is 1.80 bits per heavy atom. The molecule has 9 heteroatoms. The van der Waals surface area contributed by atoms with Crippen LogP contribution in [0.5, 0.6) is 17.5 Å². The van der Waals surface area contributed by atoms with Crippen molar-refractivity contribution in [2.75, 3.05) is 7.05 Å². The third kappa shape index (κ3) is 4.94. The van der Waals surface area contributed by atoms with Crippen LogP contribution in [0.2, 0.25) is 0 Å². The molecule has 0 radical (unpaired) electrons. The first-order valence-corrected chi connectivity index (χ1v) is 11.8. The van der Waals surface area contributed by atoms with Crippen LogP contribution in [0.15, 0.2) is 42.6 Å². The topological polar surface area (TPSA) is 125 Å². The fourth-order valence-electron chi connectivity index (χ4n) is 4.31. The Morgan fingerprint density at radius 1 is 1.00 bits per heavy atom. The van der Waals surface area contributed by atoms with Gasteiger partial charge in [0.25, 0.3) is 0 Å². The molecular formula is C26H31N5O4. The molecule has 0 saturated carbocycles. The van der Waals surface area contributed by atoms with E-state index >= 15 is 0 Å². The van der Waals surface area contributed by atoms with Gasteiger partial charge in [0.1, 0.15) is 11.5 Å². The lowest BCUT2D eigenvalue weighted by Gasteiger charge is -2.14. The van der Waals surface area contributed by atoms with E-state index in [9.17, 15) is 20.1 Å². The number of carbonyl (C=O) groups is 1. The lowest BCUT2D eigenvalue weighted by molar-refractivity contribution is -0.120. The van der Waals surface area contributed by atoms with Crippen LogP contribution in [0.25, 0.3) is 28.0 Å². The molecule has 2 aromatic carbocycles. The zero-order valence-corrected chi connectivity index (χ0v) is 20.2. The number of aryl methyl sites for hydroxylation is 1. The number of aromatic hydroxyl groups is 3. The number of amides is 1. The first-order valence-electron chi connectivity index (χ1n) is 11.8. The van der Waals surface area contributed by atoms with Gasteiger partial charge < -0.3 is 25.2 Å². The third-order valence-electron chi connectivity index (χ3n) is 6.25. The molecule has 4 N–H and O–H groups in total. The zero-order chi connectivity index (χ0) is 25.1. The molecule has 0 aliphatic heterocycles. The summed E-state index contributed by atoms with van der Waals surface area (Å²) in [7, 11) is 1.65. The molecule has 4 rings (SSSR count). The van der Waals surface area contributed by atoms with E-state index < -0.39 is 0 Å². The predicted molar refractivity (Wildman–Crippen MR) is 134 cm³/mol. The number of nitrogens with one attached hydrogen (secondary N) is 1. The van der Waals surface area contributed by atoms with Gasteiger partial charge in [-0.05, 0) is 54.7 Å². The van der Waals surface area contributed by atoms with Crippen LogP contribution in [-0.2, 0) is 11.3 Å². The maximum Gasteiger partial charge on any atom is 0.319 e. The van der Waals surface area contributed by atoms with Gasteiger partial charge in [0, 0.05) is 43.2 Å². The van der Waals surface area contributed by atoms with Crippen LogP contribution in [0.1, 0.15) is 51.0 Å². The van der Waals surface area contributed by atoms with E-state index in [0.29, 0.717) is 23.2 Å². The lowest BCUT2D eigenvalue weighted by atomic mass is 9.98. The van der Waals surface area contributed by atoms with E-state index in [1.54, 1.807) is 13.1 Å². The molecule has 0 bridgehead atoms. The summed E-state index contributed by atoms with van der Waals surface area (Å²) in [6, 6.07) is 10.5. The van der Waals surface area contributed by atoms with Crippen LogP contribution in [0.4, 0.5) is 0 Å². The highest BCUT2D eigenvalue weighted by atomic mass is 16.3. The summed E-state index contributed by atoms with van der Waals surface area (Å²) in [6.45, 7) is 4.73. The molecule has 0 fully saturated rings. The Hall–Kier alpha value is -4.01. The number of carbonyl (C=O) groups excluding carboxylic acids is 1. The number of aromatic nitrogens is 4. The predicted octanol–water partition coefficient (Wildman–Crippen LogP) is 4.44. The van der Waals surface area contributed by atoms with Gasteiger partial charge >= 0.3 is 6.01 Å². The zero-order valence-electron chi connectivity index (χ0n) is 20.2. The lowest BCUT2D eigenvalue weighted by Crippen LogP contribution is -2.16. The van der Waals surface area contributed by atoms with E-state index in [-0.39, 0.29) is 35.2 Å². The fourth-order valence-corrected chi connectivity index (χ4v) is 4.31. The average Bonchev–Trinajstić information content (AvgIpc) is 3.41. The van der Waals surface area contributed by atoms with Gasteiger partial charge in [-0.25, -0.2) is 4.57 Å². The highest BCUT2D eigenvalue weighted by Gasteiger charge is 2.21. The van der Waals surface area contributed by atoms with Gasteiger partial charge in [-0.3, -0.25) is 4.79 Å². The molecular weight excluding hydrogens is 446 g/mol. The first kappa shape index (κ1) is 24.1. The average molecular weight is 478 g/mol. The Bertz CT molecular complexity index is 1360. The standard InChI is InChI=1S/C26H31N5O4/c1-16(2)19-14-20(23(33)15-22(19)32)25-28-29-26(35)31(25)18-8-9-21-17(13-18)10-12-30(21)11-6-4-5-7-24(34)27-3/h8-10,12-16,32-33H,4-7,11H2,1-3H3,(H,27,34)(H,29,35). The second kappa shape index (κ2) is 10.1. The molecule has 0 aliphatic rings. The molecule has 1 amide bonds. The summed E-state index contributed by atoms with van der Waals surface area (Å²) >= 11 is 0. The molecule has 35 heavy (non-hydrogen) atoms. The van der Waals surface area contributed by atoms with E-state index in [1.807, 2.05) is 44.3 Å². The molecule has 0 unspecified atom stereocenters. The summed E-state index contributed by atoms with van der Waals surface area (Å²) in [4.78, 5) is 11.4. The van der Waals surface area contributed by atoms with E-state index in [0.717, 1.165) is 36.7 Å². The van der Waals surface area contributed by atoms with Crippen LogP contribution in [0.3, 0.4) is 0 Å². The minimum Gasteiger partial charge on any atom is -0.508 e. The minimum absolute atomic E-state index is 0.00734. The number of rotatable bonds is 9. The normalized spacial score (nSPS) is 11.4. The van der Waals surface area contributed by atoms with Crippen molar-refractivity contribution in [1.29, 1.82) is 0 Å². The quantitative estimate of drug-likeness (QED) is 0.264. The van der Waals surface area contributed by atoms with Crippen molar-refractivity contribution in [3.63, 3.8) is 0 Å².